The molecule has 0 unspecified atom stereocenters. The minimum atomic E-state index is -1.04. The number of benzene rings is 2. The fourth-order valence-corrected chi connectivity index (χ4v) is 11.1. The fourth-order valence-electron chi connectivity index (χ4n) is 11.1. The Hall–Kier alpha value is -6.04. The number of nitrogens with zero attached hydrogens (tertiary/aromatic N) is 5. The summed E-state index contributed by atoms with van der Waals surface area (Å²) in [4.78, 5) is 78.9. The van der Waals surface area contributed by atoms with Gasteiger partial charge in [-0.3, -0.25) is 34.0 Å². The quantitative estimate of drug-likeness (QED) is 0.151. The van der Waals surface area contributed by atoms with Crippen LogP contribution in [0.5, 0.6) is 0 Å². The summed E-state index contributed by atoms with van der Waals surface area (Å²) >= 11 is 0. The number of cyclic esters (lactones) is 1. The molecule has 3 fully saturated rings. The standard InChI is InChI=1S/C54H67N7O7/c1-9-15-46(62)60-30-33(2)42(31-60)51(64)59(7)48(36-17-10-11-18-36)50(63)56-44-27-35-16-12-19-37(26-35)38-22-23-45-40(28-38)41(49(58(45)6)39-20-13-24-55-47(39)34(3)67-8)29-54(4,5)32-68-53(66)43-21-14-25-61(57-43)52(44)65/h12-13,16,19-20,22-24,26,28,33-34,36,42-44,48,57H,10-11,14,17-18,21,25,27,29-32H2,1-8H3,(H,56,63)/t33-,34-,42+,43-,44-,48-/m0/s1. The molecule has 1 aliphatic carbocycles. The van der Waals surface area contributed by atoms with Crippen molar-refractivity contribution in [2.75, 3.05) is 40.4 Å². The summed E-state index contributed by atoms with van der Waals surface area (Å²) in [5, 5.41) is 5.69. The summed E-state index contributed by atoms with van der Waals surface area (Å²) in [5.41, 5.74) is 10.4. The van der Waals surface area contributed by atoms with Gasteiger partial charge in [0.1, 0.15) is 18.1 Å². The third-order valence-electron chi connectivity index (χ3n) is 14.8. The molecule has 6 atom stereocenters. The number of nitrogens with one attached hydrogen (secondary N) is 2. The maximum absolute atomic E-state index is 14.9. The maximum atomic E-state index is 14.9. The second-order valence-electron chi connectivity index (χ2n) is 20.3. The fraction of sp³-hybridized carbons (Fsp3) is 0.519. The normalized spacial score (nSPS) is 23.0. The highest BCUT2D eigenvalue weighted by Gasteiger charge is 2.44. The van der Waals surface area contributed by atoms with Crippen LogP contribution in [0.3, 0.4) is 0 Å². The van der Waals surface area contributed by atoms with Gasteiger partial charge in [-0.1, -0.05) is 69.9 Å². The van der Waals surface area contributed by atoms with E-state index in [9.17, 15) is 24.0 Å². The number of ether oxygens (including phenoxy) is 2. The van der Waals surface area contributed by atoms with E-state index in [0.717, 1.165) is 75.8 Å². The zero-order valence-electron chi connectivity index (χ0n) is 40.9. The van der Waals surface area contributed by atoms with Crippen molar-refractivity contribution >= 4 is 40.5 Å². The topological polar surface area (TPSA) is 155 Å². The maximum Gasteiger partial charge on any atom is 0.324 e. The summed E-state index contributed by atoms with van der Waals surface area (Å²) in [6.07, 6.45) is 6.72. The molecule has 14 heteroatoms. The lowest BCUT2D eigenvalue weighted by atomic mass is 9.84. The smallest absolute Gasteiger partial charge is 0.324 e. The number of amides is 4. The molecule has 360 valence electrons. The summed E-state index contributed by atoms with van der Waals surface area (Å²) in [7, 11) is 5.44. The summed E-state index contributed by atoms with van der Waals surface area (Å²) in [5.74, 6) is 2.80. The van der Waals surface area contributed by atoms with E-state index in [4.69, 9.17) is 14.5 Å². The van der Waals surface area contributed by atoms with Crippen LogP contribution in [-0.4, -0.2) is 112 Å². The van der Waals surface area contributed by atoms with Crippen LogP contribution in [0.25, 0.3) is 33.3 Å². The molecule has 2 aromatic carbocycles. The summed E-state index contributed by atoms with van der Waals surface area (Å²) < 4.78 is 14.2. The average molecular weight is 926 g/mol. The number of fused-ring (bicyclic) bond motifs is 6. The number of hydrogen-bond acceptors (Lipinski definition) is 9. The van der Waals surface area contributed by atoms with Crippen molar-refractivity contribution in [3.8, 4) is 34.2 Å². The number of pyridine rings is 1. The number of hydrogen-bond donors (Lipinski definition) is 2. The van der Waals surface area contributed by atoms with Gasteiger partial charge in [0.2, 0.25) is 11.8 Å². The van der Waals surface area contributed by atoms with Crippen molar-refractivity contribution in [2.24, 2.45) is 30.2 Å². The number of methoxy groups -OCH3 is 1. The molecule has 1 saturated carbocycles. The Morgan fingerprint density at radius 3 is 2.53 bits per heavy atom. The Balaban J connectivity index is 1.17. The molecule has 14 nitrogen and oxygen atoms in total. The van der Waals surface area contributed by atoms with Crippen LogP contribution >= 0.6 is 0 Å². The van der Waals surface area contributed by atoms with E-state index in [1.807, 2.05) is 32.0 Å². The number of carbonyl (C=O) groups excluding carboxylic acids is 5. The van der Waals surface area contributed by atoms with Crippen molar-refractivity contribution in [1.29, 1.82) is 0 Å². The second-order valence-corrected chi connectivity index (χ2v) is 20.3. The van der Waals surface area contributed by atoms with Crippen molar-refractivity contribution in [3.05, 3.63) is 77.6 Å². The number of aromatic nitrogens is 2. The molecule has 4 amide bonds. The highest BCUT2D eigenvalue weighted by molar-refractivity contribution is 5.97. The summed E-state index contributed by atoms with van der Waals surface area (Å²) in [6, 6.07) is 15.9. The van der Waals surface area contributed by atoms with Crippen LogP contribution in [0, 0.1) is 35.0 Å². The third kappa shape index (κ3) is 9.92. The van der Waals surface area contributed by atoms with Gasteiger partial charge < -0.3 is 29.2 Å². The van der Waals surface area contributed by atoms with Gasteiger partial charge in [-0.05, 0) is 110 Å². The molecule has 2 saturated heterocycles. The predicted octanol–water partition coefficient (Wildman–Crippen LogP) is 6.40. The van der Waals surface area contributed by atoms with Gasteiger partial charge in [-0.15, -0.1) is 0 Å². The van der Waals surface area contributed by atoms with Crippen LogP contribution in [0.15, 0.2) is 60.8 Å². The zero-order chi connectivity index (χ0) is 48.4. The minimum Gasteiger partial charge on any atom is -0.464 e. The molecule has 0 spiro atoms. The molecule has 5 heterocycles. The first-order valence-electron chi connectivity index (χ1n) is 24.3. The van der Waals surface area contributed by atoms with Crippen molar-refractivity contribution in [3.63, 3.8) is 0 Å². The van der Waals surface area contributed by atoms with Gasteiger partial charge in [0, 0.05) is 75.3 Å². The third-order valence-corrected chi connectivity index (χ3v) is 14.8. The van der Waals surface area contributed by atoms with E-state index in [1.54, 1.807) is 37.1 Å². The number of carbonyl (C=O) groups is 5. The highest BCUT2D eigenvalue weighted by atomic mass is 16.5. The molecular formula is C54H67N7O7. The molecule has 4 aromatic rings. The number of esters is 1. The minimum absolute atomic E-state index is 0.107. The van der Waals surface area contributed by atoms with Gasteiger partial charge in [0.25, 0.3) is 11.8 Å². The number of rotatable bonds is 8. The van der Waals surface area contributed by atoms with Crippen LogP contribution in [0.1, 0.15) is 96.1 Å². The van der Waals surface area contributed by atoms with Crippen LogP contribution < -0.4 is 10.7 Å². The molecule has 6 bridgehead atoms. The van der Waals surface area contributed by atoms with E-state index >= 15 is 0 Å². The molecule has 2 aromatic heterocycles. The van der Waals surface area contributed by atoms with Gasteiger partial charge in [-0.25, -0.2) is 5.43 Å². The van der Waals surface area contributed by atoms with Crippen LogP contribution in [0.4, 0.5) is 0 Å². The molecule has 3 aliphatic heterocycles. The van der Waals surface area contributed by atoms with E-state index in [0.29, 0.717) is 32.4 Å². The molecule has 0 radical (unpaired) electrons. The van der Waals surface area contributed by atoms with Crippen molar-refractivity contribution < 1.29 is 33.4 Å². The Bertz CT molecular complexity index is 2640. The first kappa shape index (κ1) is 48.4. The molecule has 68 heavy (non-hydrogen) atoms. The Morgan fingerprint density at radius 1 is 1.01 bits per heavy atom. The van der Waals surface area contributed by atoms with Gasteiger partial charge in [0.05, 0.1) is 30.0 Å². The first-order valence-corrected chi connectivity index (χ1v) is 24.3. The molecule has 4 aliphatic rings. The van der Waals surface area contributed by atoms with Crippen LogP contribution in [-0.2, 0) is 53.3 Å². The summed E-state index contributed by atoms with van der Waals surface area (Å²) in [6.45, 7) is 10.9. The lowest BCUT2D eigenvalue weighted by Gasteiger charge is -2.37. The molecule has 8 rings (SSSR count). The lowest BCUT2D eigenvalue weighted by molar-refractivity contribution is -0.155. The van der Waals surface area contributed by atoms with Crippen molar-refractivity contribution in [1.82, 2.24) is 35.1 Å². The Labute approximate surface area is 400 Å². The van der Waals surface area contributed by atoms with Gasteiger partial charge >= 0.3 is 5.97 Å². The lowest BCUT2D eigenvalue weighted by Crippen LogP contribution is -2.62. The predicted molar refractivity (Wildman–Crippen MR) is 260 cm³/mol. The van der Waals surface area contributed by atoms with Gasteiger partial charge in [0.15, 0.2) is 0 Å². The highest BCUT2D eigenvalue weighted by Crippen LogP contribution is 2.41. The van der Waals surface area contributed by atoms with Crippen LogP contribution in [0.2, 0.25) is 0 Å². The van der Waals surface area contributed by atoms with E-state index in [1.165, 1.54) is 5.01 Å². The van der Waals surface area contributed by atoms with Crippen molar-refractivity contribution in [2.45, 2.75) is 110 Å². The number of aryl methyl sites for hydroxylation is 1. The number of hydrazine groups is 1. The monoisotopic (exact) mass is 926 g/mol. The van der Waals surface area contributed by atoms with E-state index in [-0.39, 0.29) is 55.2 Å². The largest absolute Gasteiger partial charge is 0.464 e. The van der Waals surface area contributed by atoms with E-state index < -0.39 is 41.3 Å². The number of likely N-dealkylation sites (N-methyl/N-ethyl adjacent to an activating group) is 1. The average Bonchev–Trinajstić information content (AvgIpc) is 4.08. The SMILES string of the molecule is CC#CC(=O)N1C[C@H](C)[C@H](C(=O)N(C)[C@H](C(=O)N[C@H]2Cc3cccc(c3)-c3ccc4c(c3)c(c(-c3cccnc3[C@H](C)OC)n4C)CC(C)(C)COC(=O)[C@@H]3CCCN(N3)C2=O)C2CCCC2)C1. The second kappa shape index (κ2) is 20.3. The Kier molecular flexibility index (Phi) is 14.4. The number of likely N-dealkylation sites (tertiary alicyclic amines) is 1. The zero-order valence-corrected chi connectivity index (χ0v) is 40.9. The van der Waals surface area contributed by atoms with Gasteiger partial charge in [-0.2, -0.15) is 0 Å². The Morgan fingerprint density at radius 2 is 1.78 bits per heavy atom. The van der Waals surface area contributed by atoms with E-state index in [2.05, 4.69) is 84.4 Å². The molecule has 2 N–H and O–H groups in total. The first-order chi connectivity index (χ1) is 32.6. The molecular weight excluding hydrogens is 859 g/mol.